The number of H-pyrrole nitrogens is 1. The third kappa shape index (κ3) is 3.22. The standard InChI is InChI=1S/C14H15N3O2/c1-17(9-10-3-2-4-12(15)7-10)14(19)11-5-6-13(18)16-8-11/h2-8H,9,15H2,1H3,(H,16,18). The summed E-state index contributed by atoms with van der Waals surface area (Å²) in [6.45, 7) is 0.461. The summed E-state index contributed by atoms with van der Waals surface area (Å²) in [5.74, 6) is -0.154. The molecule has 1 amide bonds. The Morgan fingerprint density at radius 1 is 1.32 bits per heavy atom. The highest BCUT2D eigenvalue weighted by Crippen LogP contribution is 2.10. The van der Waals surface area contributed by atoms with E-state index in [1.807, 2.05) is 18.2 Å². The van der Waals surface area contributed by atoms with Gasteiger partial charge in [0.05, 0.1) is 5.56 Å². The number of benzene rings is 1. The Morgan fingerprint density at radius 2 is 2.11 bits per heavy atom. The summed E-state index contributed by atoms with van der Waals surface area (Å²) < 4.78 is 0. The van der Waals surface area contributed by atoms with Gasteiger partial charge in [-0.3, -0.25) is 9.59 Å². The highest BCUT2D eigenvalue weighted by molar-refractivity contribution is 5.93. The van der Waals surface area contributed by atoms with Crippen molar-refractivity contribution in [1.82, 2.24) is 9.88 Å². The number of hydrogen-bond acceptors (Lipinski definition) is 3. The number of aromatic amines is 1. The number of nitrogens with zero attached hydrogens (tertiary/aromatic N) is 1. The zero-order chi connectivity index (χ0) is 13.8. The van der Waals surface area contributed by atoms with Gasteiger partial charge in [0.25, 0.3) is 5.91 Å². The van der Waals surface area contributed by atoms with Crippen LogP contribution in [-0.4, -0.2) is 22.8 Å². The van der Waals surface area contributed by atoms with Crippen LogP contribution in [0, 0.1) is 0 Å². The van der Waals surface area contributed by atoms with E-state index in [1.54, 1.807) is 18.0 Å². The monoisotopic (exact) mass is 257 g/mol. The van der Waals surface area contributed by atoms with Crippen LogP contribution in [0.5, 0.6) is 0 Å². The van der Waals surface area contributed by atoms with Crippen molar-refractivity contribution in [2.45, 2.75) is 6.54 Å². The molecule has 98 valence electrons. The minimum absolute atomic E-state index is 0.154. The maximum absolute atomic E-state index is 12.1. The fraction of sp³-hybridized carbons (Fsp3) is 0.143. The van der Waals surface area contributed by atoms with Crippen molar-refractivity contribution in [1.29, 1.82) is 0 Å². The van der Waals surface area contributed by atoms with Gasteiger partial charge < -0.3 is 15.6 Å². The average Bonchev–Trinajstić information content (AvgIpc) is 2.39. The smallest absolute Gasteiger partial charge is 0.255 e. The van der Waals surface area contributed by atoms with Gasteiger partial charge in [0.1, 0.15) is 0 Å². The predicted octanol–water partition coefficient (Wildman–Crippen LogP) is 1.23. The first kappa shape index (κ1) is 12.9. The van der Waals surface area contributed by atoms with Gasteiger partial charge in [-0.25, -0.2) is 0 Å². The number of carbonyl (C=O) groups excluding carboxylic acids is 1. The zero-order valence-electron chi connectivity index (χ0n) is 10.6. The predicted molar refractivity (Wildman–Crippen MR) is 73.7 cm³/mol. The molecule has 1 aromatic heterocycles. The van der Waals surface area contributed by atoms with Gasteiger partial charge in [0, 0.05) is 31.5 Å². The van der Waals surface area contributed by atoms with Crippen molar-refractivity contribution in [3.63, 3.8) is 0 Å². The normalized spacial score (nSPS) is 10.2. The molecule has 0 saturated carbocycles. The molecule has 0 radical (unpaired) electrons. The molecule has 5 heteroatoms. The fourth-order valence-electron chi connectivity index (χ4n) is 1.80. The number of nitrogens with two attached hydrogens (primary N) is 1. The third-order valence-corrected chi connectivity index (χ3v) is 2.75. The molecule has 1 aromatic carbocycles. The zero-order valence-corrected chi connectivity index (χ0v) is 10.6. The summed E-state index contributed by atoms with van der Waals surface area (Å²) in [5, 5.41) is 0. The molecule has 0 saturated heterocycles. The van der Waals surface area contributed by atoms with Crippen LogP contribution in [0.4, 0.5) is 5.69 Å². The second-order valence-corrected chi connectivity index (χ2v) is 4.35. The van der Waals surface area contributed by atoms with Crippen LogP contribution >= 0.6 is 0 Å². The number of pyridine rings is 1. The summed E-state index contributed by atoms with van der Waals surface area (Å²) in [6, 6.07) is 10.2. The van der Waals surface area contributed by atoms with E-state index in [2.05, 4.69) is 4.98 Å². The SMILES string of the molecule is CN(Cc1cccc(N)c1)C(=O)c1ccc(=O)[nH]c1. The van der Waals surface area contributed by atoms with E-state index < -0.39 is 0 Å². The van der Waals surface area contributed by atoms with Crippen LogP contribution in [0.25, 0.3) is 0 Å². The maximum Gasteiger partial charge on any atom is 0.255 e. The number of rotatable bonds is 3. The maximum atomic E-state index is 12.1. The van der Waals surface area contributed by atoms with Gasteiger partial charge >= 0.3 is 0 Å². The highest BCUT2D eigenvalue weighted by atomic mass is 16.2. The second-order valence-electron chi connectivity index (χ2n) is 4.35. The Hall–Kier alpha value is -2.56. The number of nitrogens with one attached hydrogen (secondary N) is 1. The van der Waals surface area contributed by atoms with Crippen molar-refractivity contribution < 1.29 is 4.79 Å². The number of nitrogen functional groups attached to an aromatic ring is 1. The lowest BCUT2D eigenvalue weighted by Gasteiger charge is -2.17. The van der Waals surface area contributed by atoms with Gasteiger partial charge in [-0.05, 0) is 23.8 Å². The fourth-order valence-corrected chi connectivity index (χ4v) is 1.80. The average molecular weight is 257 g/mol. The molecule has 0 spiro atoms. The minimum Gasteiger partial charge on any atom is -0.399 e. The number of aromatic nitrogens is 1. The molecule has 0 bridgehead atoms. The number of anilines is 1. The van der Waals surface area contributed by atoms with E-state index in [0.717, 1.165) is 5.56 Å². The largest absolute Gasteiger partial charge is 0.399 e. The second kappa shape index (κ2) is 5.39. The summed E-state index contributed by atoms with van der Waals surface area (Å²) in [5.41, 5.74) is 7.55. The molecule has 19 heavy (non-hydrogen) atoms. The van der Waals surface area contributed by atoms with Crippen molar-refractivity contribution in [3.8, 4) is 0 Å². The molecule has 2 aromatic rings. The molecule has 0 unspecified atom stereocenters. The van der Waals surface area contributed by atoms with Gasteiger partial charge in [-0.2, -0.15) is 0 Å². The van der Waals surface area contributed by atoms with Crippen LogP contribution in [0.3, 0.4) is 0 Å². The highest BCUT2D eigenvalue weighted by Gasteiger charge is 2.12. The number of amides is 1. The van der Waals surface area contributed by atoms with Gasteiger partial charge in [0.15, 0.2) is 0 Å². The number of carbonyl (C=O) groups is 1. The van der Waals surface area contributed by atoms with Gasteiger partial charge in [-0.1, -0.05) is 12.1 Å². The molecular weight excluding hydrogens is 242 g/mol. The number of hydrogen-bond donors (Lipinski definition) is 2. The van der Waals surface area contributed by atoms with Gasteiger partial charge in [0.2, 0.25) is 5.56 Å². The third-order valence-electron chi connectivity index (χ3n) is 2.75. The van der Waals surface area contributed by atoms with Crippen LogP contribution < -0.4 is 11.3 Å². The van der Waals surface area contributed by atoms with Crippen molar-refractivity contribution >= 4 is 11.6 Å². The Bertz CT molecular complexity index is 629. The molecule has 0 fully saturated rings. The first-order valence-corrected chi connectivity index (χ1v) is 5.85. The Labute approximate surface area is 110 Å². The van der Waals surface area contributed by atoms with E-state index in [4.69, 9.17) is 5.73 Å². The first-order chi connectivity index (χ1) is 9.06. The summed E-state index contributed by atoms with van der Waals surface area (Å²) in [6.07, 6.45) is 1.42. The van der Waals surface area contributed by atoms with E-state index in [1.165, 1.54) is 18.3 Å². The summed E-state index contributed by atoms with van der Waals surface area (Å²) in [7, 11) is 1.70. The Balaban J connectivity index is 2.11. The van der Waals surface area contributed by atoms with Crippen LogP contribution in [-0.2, 0) is 6.54 Å². The first-order valence-electron chi connectivity index (χ1n) is 5.85. The lowest BCUT2D eigenvalue weighted by atomic mass is 10.2. The molecule has 1 heterocycles. The molecule has 5 nitrogen and oxygen atoms in total. The quantitative estimate of drug-likeness (QED) is 0.812. The van der Waals surface area contributed by atoms with Crippen LogP contribution in [0.2, 0.25) is 0 Å². The molecule has 0 aliphatic carbocycles. The molecule has 3 N–H and O–H groups in total. The summed E-state index contributed by atoms with van der Waals surface area (Å²) in [4.78, 5) is 27.1. The van der Waals surface area contributed by atoms with E-state index >= 15 is 0 Å². The van der Waals surface area contributed by atoms with Crippen molar-refractivity contribution in [3.05, 3.63) is 64.1 Å². The molecular formula is C14H15N3O2. The van der Waals surface area contributed by atoms with Crippen LogP contribution in [0.15, 0.2) is 47.4 Å². The van der Waals surface area contributed by atoms with Crippen molar-refractivity contribution in [2.24, 2.45) is 0 Å². The molecule has 0 aliphatic heterocycles. The van der Waals surface area contributed by atoms with E-state index in [9.17, 15) is 9.59 Å². The van der Waals surface area contributed by atoms with E-state index in [-0.39, 0.29) is 11.5 Å². The Morgan fingerprint density at radius 3 is 2.74 bits per heavy atom. The minimum atomic E-state index is -0.227. The lowest BCUT2D eigenvalue weighted by Crippen LogP contribution is -2.26. The molecule has 0 aliphatic rings. The van der Waals surface area contributed by atoms with Crippen LogP contribution in [0.1, 0.15) is 15.9 Å². The topological polar surface area (TPSA) is 79.2 Å². The van der Waals surface area contributed by atoms with E-state index in [0.29, 0.717) is 17.8 Å². The lowest BCUT2D eigenvalue weighted by molar-refractivity contribution is 0.0784. The molecule has 2 rings (SSSR count). The Kier molecular flexibility index (Phi) is 3.66. The van der Waals surface area contributed by atoms with Gasteiger partial charge in [-0.15, -0.1) is 0 Å². The molecule has 0 atom stereocenters. The van der Waals surface area contributed by atoms with Crippen molar-refractivity contribution in [2.75, 3.05) is 12.8 Å². The summed E-state index contributed by atoms with van der Waals surface area (Å²) >= 11 is 0.